The molecule has 1 heterocycles. The molecule has 18 heavy (non-hydrogen) atoms. The van der Waals surface area contributed by atoms with Crippen molar-refractivity contribution in [1.29, 1.82) is 0 Å². The smallest absolute Gasteiger partial charge is 0.221 e. The van der Waals surface area contributed by atoms with Crippen LogP contribution in [0.4, 0.5) is 0 Å². The Bertz CT molecular complexity index is 434. The van der Waals surface area contributed by atoms with Gasteiger partial charge in [0.15, 0.2) is 0 Å². The minimum Gasteiger partial charge on any atom is -0.493 e. The number of hydrogen-bond donors (Lipinski definition) is 1. The van der Waals surface area contributed by atoms with Gasteiger partial charge in [-0.1, -0.05) is 18.2 Å². The monoisotopic (exact) mass is 267 g/mol. The van der Waals surface area contributed by atoms with Crippen molar-refractivity contribution in [2.75, 3.05) is 12.5 Å². The highest BCUT2D eigenvalue weighted by Gasteiger charge is 2.22. The topological polar surface area (TPSA) is 38.3 Å². The number of para-hydroxylation sites is 1. The fraction of sp³-hybridized carbons (Fsp3) is 0.500. The molecule has 1 aromatic rings. The number of halogens is 1. The number of fused-ring (bicyclic) bond motifs is 1. The molecule has 1 N–H and O–H groups in total. The summed E-state index contributed by atoms with van der Waals surface area (Å²) in [5.74, 6) is 1.28. The van der Waals surface area contributed by atoms with Gasteiger partial charge in [-0.3, -0.25) is 4.79 Å². The number of alkyl halides is 1. The molecule has 4 heteroatoms. The molecule has 1 unspecified atom stereocenters. The van der Waals surface area contributed by atoms with E-state index in [1.165, 1.54) is 0 Å². The highest BCUT2D eigenvalue weighted by Crippen LogP contribution is 2.33. The summed E-state index contributed by atoms with van der Waals surface area (Å²) in [6, 6.07) is 6.10. The number of amides is 1. The molecule has 0 saturated heterocycles. The summed E-state index contributed by atoms with van der Waals surface area (Å²) in [5, 5.41) is 3.04. The van der Waals surface area contributed by atoms with Crippen molar-refractivity contribution in [2.24, 2.45) is 0 Å². The largest absolute Gasteiger partial charge is 0.493 e. The molecule has 1 atom stereocenters. The maximum absolute atomic E-state index is 11.7. The van der Waals surface area contributed by atoms with Gasteiger partial charge < -0.3 is 10.1 Å². The van der Waals surface area contributed by atoms with Gasteiger partial charge in [0.05, 0.1) is 12.6 Å². The van der Waals surface area contributed by atoms with E-state index >= 15 is 0 Å². The van der Waals surface area contributed by atoms with Crippen LogP contribution in [0.5, 0.6) is 5.75 Å². The molecule has 0 aliphatic carbocycles. The lowest BCUT2D eigenvalue weighted by Gasteiger charge is -2.19. The van der Waals surface area contributed by atoms with Gasteiger partial charge in [-0.05, 0) is 25.3 Å². The van der Waals surface area contributed by atoms with E-state index in [9.17, 15) is 4.79 Å². The molecule has 2 rings (SSSR count). The number of aryl methyl sites for hydroxylation is 1. The van der Waals surface area contributed by atoms with Crippen LogP contribution in [0, 0.1) is 6.92 Å². The molecule has 1 aliphatic heterocycles. The van der Waals surface area contributed by atoms with Crippen molar-refractivity contribution in [1.82, 2.24) is 5.32 Å². The Morgan fingerprint density at radius 2 is 2.39 bits per heavy atom. The highest BCUT2D eigenvalue weighted by molar-refractivity contribution is 6.18. The van der Waals surface area contributed by atoms with Crippen LogP contribution in [0.1, 0.15) is 36.4 Å². The van der Waals surface area contributed by atoms with Gasteiger partial charge >= 0.3 is 0 Å². The molecule has 98 valence electrons. The second-order valence-electron chi connectivity index (χ2n) is 4.54. The molecule has 0 saturated carbocycles. The molecule has 0 radical (unpaired) electrons. The molecule has 0 spiro atoms. The maximum Gasteiger partial charge on any atom is 0.221 e. The van der Waals surface area contributed by atoms with E-state index in [0.29, 0.717) is 18.9 Å². The van der Waals surface area contributed by atoms with E-state index in [1.807, 2.05) is 25.1 Å². The van der Waals surface area contributed by atoms with Crippen LogP contribution in [0.2, 0.25) is 0 Å². The maximum atomic E-state index is 11.7. The summed E-state index contributed by atoms with van der Waals surface area (Å²) < 4.78 is 5.77. The van der Waals surface area contributed by atoms with Crippen molar-refractivity contribution >= 4 is 17.5 Å². The number of carbonyl (C=O) groups excluding carboxylic acids is 1. The Balaban J connectivity index is 2.22. The first-order valence-corrected chi connectivity index (χ1v) is 6.83. The van der Waals surface area contributed by atoms with Gasteiger partial charge in [0, 0.05) is 17.9 Å². The van der Waals surface area contributed by atoms with E-state index in [-0.39, 0.29) is 11.9 Å². The predicted molar refractivity (Wildman–Crippen MR) is 72.1 cm³/mol. The Kier molecular flexibility index (Phi) is 4.48. The highest BCUT2D eigenvalue weighted by atomic mass is 35.5. The zero-order valence-electron chi connectivity index (χ0n) is 10.5. The zero-order chi connectivity index (χ0) is 13.0. The molecule has 0 aromatic heterocycles. The molecular weight excluding hydrogens is 250 g/mol. The van der Waals surface area contributed by atoms with Gasteiger partial charge in [-0.2, -0.15) is 0 Å². The van der Waals surface area contributed by atoms with Crippen molar-refractivity contribution in [3.63, 3.8) is 0 Å². The molecule has 0 bridgehead atoms. The average Bonchev–Trinajstić information content (AvgIpc) is 2.54. The van der Waals surface area contributed by atoms with Crippen LogP contribution in [0.15, 0.2) is 18.2 Å². The first-order chi connectivity index (χ1) is 8.72. The van der Waals surface area contributed by atoms with E-state index in [0.717, 1.165) is 29.7 Å². The first kappa shape index (κ1) is 13.2. The van der Waals surface area contributed by atoms with Crippen LogP contribution < -0.4 is 10.1 Å². The van der Waals surface area contributed by atoms with Gasteiger partial charge in [0.1, 0.15) is 5.75 Å². The number of ether oxygens (including phenoxy) is 1. The minimum atomic E-state index is 0.00403. The predicted octanol–water partition coefficient (Wildman–Crippen LogP) is 2.95. The summed E-state index contributed by atoms with van der Waals surface area (Å²) in [7, 11) is 0. The first-order valence-electron chi connectivity index (χ1n) is 6.30. The van der Waals surface area contributed by atoms with Gasteiger partial charge in [0.25, 0.3) is 0 Å². The molecule has 1 aliphatic rings. The average molecular weight is 268 g/mol. The second kappa shape index (κ2) is 6.10. The van der Waals surface area contributed by atoms with Crippen molar-refractivity contribution in [3.8, 4) is 5.75 Å². The van der Waals surface area contributed by atoms with Crippen LogP contribution in [0.25, 0.3) is 0 Å². The van der Waals surface area contributed by atoms with E-state index < -0.39 is 0 Å². The lowest BCUT2D eigenvalue weighted by Crippen LogP contribution is -2.28. The van der Waals surface area contributed by atoms with E-state index in [2.05, 4.69) is 5.32 Å². The van der Waals surface area contributed by atoms with Crippen molar-refractivity contribution in [3.05, 3.63) is 29.3 Å². The molecule has 0 fully saturated rings. The second-order valence-corrected chi connectivity index (χ2v) is 4.92. The van der Waals surface area contributed by atoms with Gasteiger partial charge in [-0.15, -0.1) is 11.6 Å². The lowest BCUT2D eigenvalue weighted by atomic mass is 9.99. The van der Waals surface area contributed by atoms with Crippen molar-refractivity contribution in [2.45, 2.75) is 32.2 Å². The van der Waals surface area contributed by atoms with Gasteiger partial charge in [-0.25, -0.2) is 0 Å². The van der Waals surface area contributed by atoms with Crippen LogP contribution >= 0.6 is 11.6 Å². The summed E-state index contributed by atoms with van der Waals surface area (Å²) in [5.41, 5.74) is 2.20. The summed E-state index contributed by atoms with van der Waals surface area (Å²) >= 11 is 5.59. The standard InChI is InChI=1S/C14H18ClNO2/c1-10-4-2-5-11-12(16-13(17)7-8-15)6-3-9-18-14(10)11/h2,4-5,12H,3,6-9H2,1H3,(H,16,17). The van der Waals surface area contributed by atoms with E-state index in [1.54, 1.807) is 0 Å². The fourth-order valence-electron chi connectivity index (χ4n) is 2.27. The number of carbonyl (C=O) groups is 1. The van der Waals surface area contributed by atoms with Crippen LogP contribution in [-0.4, -0.2) is 18.4 Å². The number of rotatable bonds is 3. The van der Waals surface area contributed by atoms with Crippen LogP contribution in [-0.2, 0) is 4.79 Å². The summed E-state index contributed by atoms with van der Waals surface area (Å²) in [6.45, 7) is 2.74. The summed E-state index contributed by atoms with van der Waals surface area (Å²) in [4.78, 5) is 11.7. The van der Waals surface area contributed by atoms with Crippen LogP contribution in [0.3, 0.4) is 0 Å². The number of hydrogen-bond acceptors (Lipinski definition) is 2. The number of benzene rings is 1. The normalized spacial score (nSPS) is 18.4. The fourth-order valence-corrected chi connectivity index (χ4v) is 2.44. The minimum absolute atomic E-state index is 0.00403. The Morgan fingerprint density at radius 1 is 1.56 bits per heavy atom. The summed E-state index contributed by atoms with van der Waals surface area (Å²) in [6.07, 6.45) is 2.21. The molecule has 1 aromatic carbocycles. The SMILES string of the molecule is Cc1cccc2c1OCCCC2NC(=O)CCCl. The quantitative estimate of drug-likeness (QED) is 0.855. The lowest BCUT2D eigenvalue weighted by molar-refractivity contribution is -0.121. The third-order valence-electron chi connectivity index (χ3n) is 3.16. The Morgan fingerprint density at radius 3 is 3.17 bits per heavy atom. The van der Waals surface area contributed by atoms with Crippen molar-refractivity contribution < 1.29 is 9.53 Å². The Hall–Kier alpha value is -1.22. The third kappa shape index (κ3) is 2.96. The van der Waals surface area contributed by atoms with Gasteiger partial charge in [0.2, 0.25) is 5.91 Å². The Labute approximate surface area is 112 Å². The molecule has 1 amide bonds. The van der Waals surface area contributed by atoms with E-state index in [4.69, 9.17) is 16.3 Å². The number of nitrogens with one attached hydrogen (secondary N) is 1. The third-order valence-corrected chi connectivity index (χ3v) is 3.35. The zero-order valence-corrected chi connectivity index (χ0v) is 11.3. The molecule has 3 nitrogen and oxygen atoms in total. The molecular formula is C14H18ClNO2.